The number of nitrogens with one attached hydrogen (secondary N) is 2. The molecule has 3 N–H and O–H groups in total. The van der Waals surface area contributed by atoms with E-state index in [-0.39, 0.29) is 31.5 Å². The Kier molecular flexibility index (Phi) is 9.71. The van der Waals surface area contributed by atoms with Crippen molar-refractivity contribution in [3.05, 3.63) is 93.6 Å². The molecule has 208 valence electrons. The first kappa shape index (κ1) is 29.0. The number of anilines is 2. The molecule has 1 heterocycles. The maximum Gasteiger partial charge on any atom is 0.231 e. The van der Waals surface area contributed by atoms with Gasteiger partial charge in [-0.1, -0.05) is 35.3 Å². The standard InChI is InChI=1S/C30H28Cl2N2O6/c1-18-3-9-27(33-19(2)35)29(11-18)38-16-24(37)15-23(36)7-5-21(34-22-6-8-25(31)26(32)14-22)12-20-4-10-28-30(13-20)40-17-39-28/h3-14,24,34,37H,15-17H2,1-2H3,(H,33,35). The molecule has 0 fully saturated rings. The van der Waals surface area contributed by atoms with Gasteiger partial charge < -0.3 is 30.0 Å². The number of aryl methyl sites for hydroxylation is 1. The van der Waals surface area contributed by atoms with Crippen molar-refractivity contribution in [1.29, 1.82) is 0 Å². The van der Waals surface area contributed by atoms with Crippen molar-refractivity contribution in [3.63, 3.8) is 0 Å². The minimum atomic E-state index is -1.06. The lowest BCUT2D eigenvalue weighted by Gasteiger charge is -2.15. The fourth-order valence-electron chi connectivity index (χ4n) is 3.82. The molecule has 0 saturated carbocycles. The number of carbonyl (C=O) groups excluding carboxylic acids is 2. The predicted octanol–water partition coefficient (Wildman–Crippen LogP) is 6.40. The molecule has 0 spiro atoms. The minimum Gasteiger partial charge on any atom is -0.489 e. The van der Waals surface area contributed by atoms with Gasteiger partial charge in [0, 0.05) is 24.7 Å². The second kappa shape index (κ2) is 13.4. The number of rotatable bonds is 11. The highest BCUT2D eigenvalue weighted by Crippen LogP contribution is 2.33. The highest BCUT2D eigenvalue weighted by Gasteiger charge is 2.14. The number of aliphatic hydroxyl groups excluding tert-OH is 1. The summed E-state index contributed by atoms with van der Waals surface area (Å²) < 4.78 is 16.5. The molecule has 1 amide bonds. The third-order valence-corrected chi connectivity index (χ3v) is 6.43. The number of carbonyl (C=O) groups is 2. The van der Waals surface area contributed by atoms with Crippen LogP contribution < -0.4 is 24.8 Å². The van der Waals surface area contributed by atoms with Crippen LogP contribution in [-0.2, 0) is 9.59 Å². The van der Waals surface area contributed by atoms with E-state index >= 15 is 0 Å². The Balaban J connectivity index is 1.44. The molecule has 10 heteroatoms. The zero-order valence-corrected chi connectivity index (χ0v) is 23.4. The summed E-state index contributed by atoms with van der Waals surface area (Å²) in [7, 11) is 0. The summed E-state index contributed by atoms with van der Waals surface area (Å²) in [4.78, 5) is 24.2. The maximum atomic E-state index is 12.7. The van der Waals surface area contributed by atoms with Crippen LogP contribution in [0.5, 0.6) is 17.2 Å². The number of amides is 1. The van der Waals surface area contributed by atoms with Gasteiger partial charge in [-0.25, -0.2) is 0 Å². The Labute approximate surface area is 242 Å². The van der Waals surface area contributed by atoms with Crippen LogP contribution in [0.2, 0.25) is 10.0 Å². The fraction of sp³-hybridized carbons (Fsp3) is 0.200. The molecule has 0 aromatic heterocycles. The fourth-order valence-corrected chi connectivity index (χ4v) is 4.12. The number of aliphatic hydroxyl groups is 1. The molecule has 1 unspecified atom stereocenters. The molecule has 1 atom stereocenters. The molecule has 1 aliphatic heterocycles. The third kappa shape index (κ3) is 8.26. The molecule has 3 aromatic carbocycles. The van der Waals surface area contributed by atoms with Crippen molar-refractivity contribution in [1.82, 2.24) is 0 Å². The lowest BCUT2D eigenvalue weighted by Crippen LogP contribution is -2.21. The molecular formula is C30H28Cl2N2O6. The van der Waals surface area contributed by atoms with E-state index in [2.05, 4.69) is 10.6 Å². The van der Waals surface area contributed by atoms with Crippen molar-refractivity contribution in [2.75, 3.05) is 24.0 Å². The lowest BCUT2D eigenvalue weighted by molar-refractivity contribution is -0.117. The van der Waals surface area contributed by atoms with Crippen molar-refractivity contribution in [2.45, 2.75) is 26.4 Å². The van der Waals surface area contributed by atoms with Gasteiger partial charge in [0.15, 0.2) is 17.3 Å². The first-order valence-corrected chi connectivity index (χ1v) is 13.2. The topological polar surface area (TPSA) is 106 Å². The van der Waals surface area contributed by atoms with Gasteiger partial charge >= 0.3 is 0 Å². The zero-order valence-electron chi connectivity index (χ0n) is 21.9. The number of fused-ring (bicyclic) bond motifs is 1. The SMILES string of the molecule is CC(=O)Nc1ccc(C)cc1OCC(O)CC(=O)C=CC(=Cc1ccc2c(c1)OCO2)Nc1ccc(Cl)c(Cl)c1. The Hall–Kier alpha value is -3.98. The van der Waals surface area contributed by atoms with E-state index in [0.29, 0.717) is 44.4 Å². The van der Waals surface area contributed by atoms with Crippen molar-refractivity contribution < 1.29 is 28.9 Å². The van der Waals surface area contributed by atoms with Gasteiger partial charge in [-0.2, -0.15) is 0 Å². The van der Waals surface area contributed by atoms with Crippen LogP contribution in [0.15, 0.2) is 72.4 Å². The van der Waals surface area contributed by atoms with E-state index < -0.39 is 6.10 Å². The zero-order chi connectivity index (χ0) is 28.6. The number of hydrogen-bond acceptors (Lipinski definition) is 7. The first-order valence-electron chi connectivity index (χ1n) is 12.4. The van der Waals surface area contributed by atoms with E-state index in [1.54, 1.807) is 36.4 Å². The Morgan fingerprint density at radius 1 is 1.00 bits per heavy atom. The minimum absolute atomic E-state index is 0.128. The van der Waals surface area contributed by atoms with Crippen molar-refractivity contribution in [3.8, 4) is 17.2 Å². The third-order valence-electron chi connectivity index (χ3n) is 5.69. The van der Waals surface area contributed by atoms with Gasteiger partial charge in [-0.05, 0) is 78.7 Å². The van der Waals surface area contributed by atoms with E-state index in [9.17, 15) is 14.7 Å². The largest absolute Gasteiger partial charge is 0.489 e. The molecule has 0 saturated heterocycles. The van der Waals surface area contributed by atoms with Gasteiger partial charge in [-0.15, -0.1) is 0 Å². The molecule has 1 aliphatic rings. The molecule has 0 radical (unpaired) electrons. The van der Waals surface area contributed by atoms with Crippen LogP contribution >= 0.6 is 23.2 Å². The Morgan fingerprint density at radius 3 is 2.58 bits per heavy atom. The van der Waals surface area contributed by atoms with E-state index in [1.807, 2.05) is 37.3 Å². The predicted molar refractivity (Wildman–Crippen MR) is 156 cm³/mol. The Morgan fingerprint density at radius 2 is 1.80 bits per heavy atom. The smallest absolute Gasteiger partial charge is 0.231 e. The monoisotopic (exact) mass is 582 g/mol. The maximum absolute atomic E-state index is 12.7. The van der Waals surface area contributed by atoms with Crippen LogP contribution in [0, 0.1) is 6.92 Å². The molecule has 0 aliphatic carbocycles. The number of halogens is 2. The number of ether oxygens (including phenoxy) is 3. The molecule has 40 heavy (non-hydrogen) atoms. The average Bonchev–Trinajstić information content (AvgIpc) is 3.37. The number of benzene rings is 3. The van der Waals surface area contributed by atoms with Crippen LogP contribution in [0.1, 0.15) is 24.5 Å². The summed E-state index contributed by atoms with van der Waals surface area (Å²) in [5, 5.41) is 17.2. The quantitative estimate of drug-likeness (QED) is 0.177. The van der Waals surface area contributed by atoms with Crippen LogP contribution in [-0.4, -0.2) is 36.3 Å². The van der Waals surface area contributed by atoms with Gasteiger partial charge in [0.05, 0.1) is 21.8 Å². The van der Waals surface area contributed by atoms with Gasteiger partial charge in [0.2, 0.25) is 12.7 Å². The van der Waals surface area contributed by atoms with E-state index in [0.717, 1.165) is 11.1 Å². The summed E-state index contributed by atoms with van der Waals surface area (Å²) in [6, 6.07) is 15.9. The van der Waals surface area contributed by atoms with E-state index in [4.69, 9.17) is 37.4 Å². The van der Waals surface area contributed by atoms with Gasteiger partial charge in [-0.3, -0.25) is 9.59 Å². The van der Waals surface area contributed by atoms with Crippen LogP contribution in [0.3, 0.4) is 0 Å². The van der Waals surface area contributed by atoms with Crippen LogP contribution in [0.4, 0.5) is 11.4 Å². The first-order chi connectivity index (χ1) is 19.2. The number of ketones is 1. The van der Waals surface area contributed by atoms with E-state index in [1.165, 1.54) is 13.0 Å². The summed E-state index contributed by atoms with van der Waals surface area (Å²) in [5.41, 5.74) is 3.47. The van der Waals surface area contributed by atoms with Crippen molar-refractivity contribution in [2.24, 2.45) is 0 Å². The molecule has 4 rings (SSSR count). The normalized spacial score (nSPS) is 13.3. The second-order valence-electron chi connectivity index (χ2n) is 9.12. The highest BCUT2D eigenvalue weighted by atomic mass is 35.5. The highest BCUT2D eigenvalue weighted by molar-refractivity contribution is 6.42. The molecule has 0 bridgehead atoms. The van der Waals surface area contributed by atoms with Crippen molar-refractivity contribution >= 4 is 52.3 Å². The van der Waals surface area contributed by atoms with Gasteiger partial charge in [0.25, 0.3) is 0 Å². The summed E-state index contributed by atoms with van der Waals surface area (Å²) in [6.45, 7) is 3.32. The molecular weight excluding hydrogens is 555 g/mol. The lowest BCUT2D eigenvalue weighted by atomic mass is 10.1. The average molecular weight is 583 g/mol. The molecule has 3 aromatic rings. The second-order valence-corrected chi connectivity index (χ2v) is 9.93. The molecule has 8 nitrogen and oxygen atoms in total. The Bertz CT molecular complexity index is 1470. The summed E-state index contributed by atoms with van der Waals surface area (Å²) >= 11 is 12.2. The number of hydrogen-bond donors (Lipinski definition) is 3. The van der Waals surface area contributed by atoms with Gasteiger partial charge in [0.1, 0.15) is 12.4 Å². The van der Waals surface area contributed by atoms with Crippen LogP contribution in [0.25, 0.3) is 6.08 Å². The summed E-state index contributed by atoms with van der Waals surface area (Å²) in [6.07, 6.45) is 3.59. The number of allylic oxidation sites excluding steroid dienone is 2. The summed E-state index contributed by atoms with van der Waals surface area (Å²) in [5.74, 6) is 1.15.